The maximum absolute atomic E-state index is 11.4. The highest BCUT2D eigenvalue weighted by atomic mass is 16.4. The van der Waals surface area contributed by atoms with Gasteiger partial charge in [0.1, 0.15) is 5.82 Å². The molecule has 3 rings (SSSR count). The van der Waals surface area contributed by atoms with Crippen molar-refractivity contribution in [2.45, 2.75) is 45.4 Å². The molecule has 1 aromatic heterocycles. The lowest BCUT2D eigenvalue weighted by molar-refractivity contribution is 0.0696. The minimum atomic E-state index is -0.872. The van der Waals surface area contributed by atoms with Crippen LogP contribution >= 0.6 is 0 Å². The molecule has 2 fully saturated rings. The van der Waals surface area contributed by atoms with E-state index in [0.717, 1.165) is 36.4 Å². The van der Waals surface area contributed by atoms with Crippen molar-refractivity contribution < 1.29 is 9.90 Å². The van der Waals surface area contributed by atoms with Gasteiger partial charge in [-0.25, -0.2) is 9.78 Å². The Morgan fingerprint density at radius 1 is 1.24 bits per heavy atom. The van der Waals surface area contributed by atoms with Crippen LogP contribution in [0.1, 0.15) is 56.1 Å². The Balaban J connectivity index is 1.94. The summed E-state index contributed by atoms with van der Waals surface area (Å²) < 4.78 is 0. The molecular formula is C17H24N2O2. The third kappa shape index (κ3) is 2.76. The van der Waals surface area contributed by atoms with Crippen LogP contribution < -0.4 is 4.90 Å². The quantitative estimate of drug-likeness (QED) is 0.907. The van der Waals surface area contributed by atoms with Gasteiger partial charge < -0.3 is 10.0 Å². The van der Waals surface area contributed by atoms with Gasteiger partial charge in [0.25, 0.3) is 0 Å². The van der Waals surface area contributed by atoms with Crippen molar-refractivity contribution in [3.8, 4) is 0 Å². The largest absolute Gasteiger partial charge is 0.478 e. The van der Waals surface area contributed by atoms with Crippen LogP contribution in [0.25, 0.3) is 0 Å². The Hall–Kier alpha value is -1.58. The van der Waals surface area contributed by atoms with Gasteiger partial charge in [0, 0.05) is 24.2 Å². The number of aromatic carboxylic acids is 1. The molecule has 2 unspecified atom stereocenters. The smallest absolute Gasteiger partial charge is 0.335 e. The number of carbonyl (C=O) groups is 1. The van der Waals surface area contributed by atoms with E-state index in [0.29, 0.717) is 5.56 Å². The Morgan fingerprint density at radius 3 is 2.38 bits per heavy atom. The second kappa shape index (κ2) is 5.00. The van der Waals surface area contributed by atoms with Gasteiger partial charge in [-0.15, -0.1) is 0 Å². The maximum atomic E-state index is 11.4. The summed E-state index contributed by atoms with van der Waals surface area (Å²) in [4.78, 5) is 18.4. The molecule has 1 saturated carbocycles. The van der Waals surface area contributed by atoms with Gasteiger partial charge in [-0.1, -0.05) is 27.2 Å². The van der Waals surface area contributed by atoms with Crippen LogP contribution in [-0.2, 0) is 5.41 Å². The van der Waals surface area contributed by atoms with Crippen molar-refractivity contribution in [2.24, 2.45) is 11.8 Å². The number of hydrogen-bond donors (Lipinski definition) is 1. The number of pyridine rings is 1. The van der Waals surface area contributed by atoms with E-state index < -0.39 is 5.97 Å². The van der Waals surface area contributed by atoms with Gasteiger partial charge in [0.2, 0.25) is 0 Å². The lowest BCUT2D eigenvalue weighted by Gasteiger charge is -2.24. The molecule has 1 aliphatic carbocycles. The normalized spacial score (nSPS) is 25.2. The molecule has 0 aromatic carbocycles. The molecule has 1 N–H and O–H groups in total. The molecule has 1 aliphatic heterocycles. The van der Waals surface area contributed by atoms with Gasteiger partial charge >= 0.3 is 5.97 Å². The molecule has 4 heteroatoms. The molecule has 0 bridgehead atoms. The molecule has 0 spiro atoms. The predicted molar refractivity (Wildman–Crippen MR) is 82.9 cm³/mol. The number of carboxylic acid groups (broad SMARTS) is 1. The van der Waals surface area contributed by atoms with Crippen LogP contribution in [0.3, 0.4) is 0 Å². The monoisotopic (exact) mass is 288 g/mol. The maximum Gasteiger partial charge on any atom is 0.335 e. The highest BCUT2D eigenvalue weighted by Crippen LogP contribution is 2.39. The number of carboxylic acids is 1. The molecular weight excluding hydrogens is 264 g/mol. The fraction of sp³-hybridized carbons (Fsp3) is 0.647. The van der Waals surface area contributed by atoms with Crippen LogP contribution in [0.2, 0.25) is 0 Å². The fourth-order valence-electron chi connectivity index (χ4n) is 3.61. The first kappa shape index (κ1) is 14.4. The van der Waals surface area contributed by atoms with E-state index in [2.05, 4.69) is 25.7 Å². The Bertz CT molecular complexity index is 550. The van der Waals surface area contributed by atoms with Crippen molar-refractivity contribution >= 4 is 11.8 Å². The van der Waals surface area contributed by atoms with Gasteiger partial charge in [0.05, 0.1) is 5.56 Å². The number of hydrogen-bond acceptors (Lipinski definition) is 3. The average molecular weight is 288 g/mol. The van der Waals surface area contributed by atoms with E-state index in [4.69, 9.17) is 4.98 Å². The zero-order chi connectivity index (χ0) is 15.2. The standard InChI is InChI=1S/C17H24N2O2/c1-17(2,3)14-7-13(16(20)21)8-15(18-14)19-9-11-5-4-6-12(11)10-19/h7-8,11-12H,4-6,9-10H2,1-3H3,(H,20,21). The van der Waals surface area contributed by atoms with E-state index in [1.165, 1.54) is 19.3 Å². The van der Waals surface area contributed by atoms with Gasteiger partial charge in [-0.3, -0.25) is 0 Å². The Labute approximate surface area is 126 Å². The summed E-state index contributed by atoms with van der Waals surface area (Å²) in [5.41, 5.74) is 1.06. The third-order valence-corrected chi connectivity index (χ3v) is 4.88. The highest BCUT2D eigenvalue weighted by Gasteiger charge is 2.37. The molecule has 114 valence electrons. The van der Waals surface area contributed by atoms with Gasteiger partial charge in [-0.2, -0.15) is 0 Å². The highest BCUT2D eigenvalue weighted by molar-refractivity contribution is 5.88. The van der Waals surface area contributed by atoms with Crippen molar-refractivity contribution in [3.63, 3.8) is 0 Å². The number of nitrogens with zero attached hydrogens (tertiary/aromatic N) is 2. The first-order chi connectivity index (χ1) is 9.84. The second-order valence-corrected chi connectivity index (χ2v) is 7.51. The van der Waals surface area contributed by atoms with Crippen LogP contribution in [-0.4, -0.2) is 29.1 Å². The molecule has 2 atom stereocenters. The zero-order valence-corrected chi connectivity index (χ0v) is 13.1. The number of anilines is 1. The van der Waals surface area contributed by atoms with Crippen molar-refractivity contribution in [3.05, 3.63) is 23.4 Å². The summed E-state index contributed by atoms with van der Waals surface area (Å²) >= 11 is 0. The van der Waals surface area contributed by atoms with E-state index in [1.807, 2.05) is 0 Å². The first-order valence-corrected chi connectivity index (χ1v) is 7.85. The van der Waals surface area contributed by atoms with Crippen molar-refractivity contribution in [2.75, 3.05) is 18.0 Å². The van der Waals surface area contributed by atoms with Crippen LogP contribution in [0, 0.1) is 11.8 Å². The molecule has 4 nitrogen and oxygen atoms in total. The summed E-state index contributed by atoms with van der Waals surface area (Å²) in [7, 11) is 0. The topological polar surface area (TPSA) is 53.4 Å². The second-order valence-electron chi connectivity index (χ2n) is 7.51. The fourth-order valence-corrected chi connectivity index (χ4v) is 3.61. The Kier molecular flexibility index (Phi) is 3.42. The van der Waals surface area contributed by atoms with Crippen molar-refractivity contribution in [1.29, 1.82) is 0 Å². The molecule has 0 radical (unpaired) electrons. The predicted octanol–water partition coefficient (Wildman–Crippen LogP) is 3.31. The van der Waals surface area contributed by atoms with E-state index in [-0.39, 0.29) is 5.41 Å². The van der Waals surface area contributed by atoms with Gasteiger partial charge in [-0.05, 0) is 36.8 Å². The minimum absolute atomic E-state index is 0.143. The lowest BCUT2D eigenvalue weighted by Crippen LogP contribution is -2.24. The van der Waals surface area contributed by atoms with Crippen molar-refractivity contribution in [1.82, 2.24) is 4.98 Å². The van der Waals surface area contributed by atoms with Crippen LogP contribution in [0.4, 0.5) is 5.82 Å². The summed E-state index contributed by atoms with van der Waals surface area (Å²) in [6, 6.07) is 3.45. The number of fused-ring (bicyclic) bond motifs is 1. The molecule has 21 heavy (non-hydrogen) atoms. The molecule has 0 amide bonds. The summed E-state index contributed by atoms with van der Waals surface area (Å²) in [6.07, 6.45) is 3.97. The molecule has 1 aromatic rings. The SMILES string of the molecule is CC(C)(C)c1cc(C(=O)O)cc(N2CC3CCCC3C2)n1. The summed E-state index contributed by atoms with van der Waals surface area (Å²) in [5.74, 6) is 1.52. The molecule has 2 aliphatic rings. The van der Waals surface area contributed by atoms with Gasteiger partial charge in [0.15, 0.2) is 0 Å². The average Bonchev–Trinajstić information content (AvgIpc) is 2.97. The van der Waals surface area contributed by atoms with E-state index >= 15 is 0 Å². The lowest BCUT2D eigenvalue weighted by atomic mass is 9.90. The van der Waals surface area contributed by atoms with E-state index in [9.17, 15) is 9.90 Å². The first-order valence-electron chi connectivity index (χ1n) is 7.85. The summed E-state index contributed by atoms with van der Waals surface area (Å²) in [5, 5.41) is 9.36. The minimum Gasteiger partial charge on any atom is -0.478 e. The molecule has 2 heterocycles. The number of rotatable bonds is 2. The number of aromatic nitrogens is 1. The third-order valence-electron chi connectivity index (χ3n) is 4.88. The summed E-state index contributed by atoms with van der Waals surface area (Å²) in [6.45, 7) is 8.28. The van der Waals surface area contributed by atoms with Crippen LogP contribution in [0.5, 0.6) is 0 Å². The Morgan fingerprint density at radius 2 is 1.86 bits per heavy atom. The van der Waals surface area contributed by atoms with E-state index in [1.54, 1.807) is 12.1 Å². The van der Waals surface area contributed by atoms with Crippen LogP contribution in [0.15, 0.2) is 12.1 Å². The molecule has 1 saturated heterocycles. The zero-order valence-electron chi connectivity index (χ0n) is 13.1.